The summed E-state index contributed by atoms with van der Waals surface area (Å²) in [6, 6.07) is 1.82. The molecule has 76 valence electrons. The molecule has 0 aliphatic heterocycles. The van der Waals surface area contributed by atoms with Gasteiger partial charge in [-0.1, -0.05) is 0 Å². The number of aryl methyl sites for hydroxylation is 1. The van der Waals surface area contributed by atoms with Crippen LogP contribution < -0.4 is 0 Å². The summed E-state index contributed by atoms with van der Waals surface area (Å²) in [5, 5.41) is 15.5. The van der Waals surface area contributed by atoms with Crippen LogP contribution in [0.1, 0.15) is 21.8 Å². The van der Waals surface area contributed by atoms with Crippen LogP contribution in [0.15, 0.2) is 16.7 Å². The fraction of sp³-hybridized carbons (Fsp3) is 0.200. The Morgan fingerprint density at radius 2 is 2.40 bits per heavy atom. The molecule has 0 spiro atoms. The van der Waals surface area contributed by atoms with Crippen LogP contribution in [-0.2, 0) is 12.8 Å². The smallest absolute Gasteiger partial charge is 0.354 e. The third-order valence-electron chi connectivity index (χ3n) is 2.68. The van der Waals surface area contributed by atoms with Crippen molar-refractivity contribution in [1.29, 1.82) is 0 Å². The molecule has 15 heavy (non-hydrogen) atoms. The van der Waals surface area contributed by atoms with E-state index in [2.05, 4.69) is 10.2 Å². The number of aromatic carboxylic acids is 1. The molecule has 0 amide bonds. The molecule has 0 unspecified atom stereocenters. The number of rotatable bonds is 1. The minimum Gasteiger partial charge on any atom is -0.477 e. The van der Waals surface area contributed by atoms with Crippen molar-refractivity contribution in [1.82, 2.24) is 10.2 Å². The summed E-state index contributed by atoms with van der Waals surface area (Å²) in [6.07, 6.45) is 3.00. The number of nitrogens with one attached hydrogen (secondary N) is 1. The third kappa shape index (κ3) is 1.03. The monoisotopic (exact) mass is 204 g/mol. The first-order valence-electron chi connectivity index (χ1n) is 4.64. The van der Waals surface area contributed by atoms with E-state index < -0.39 is 5.97 Å². The molecule has 0 radical (unpaired) electrons. The summed E-state index contributed by atoms with van der Waals surface area (Å²) in [5.74, 6) is -0.0818. The van der Waals surface area contributed by atoms with Crippen LogP contribution in [0, 0.1) is 0 Å². The Labute approximate surface area is 84.7 Å². The van der Waals surface area contributed by atoms with Gasteiger partial charge in [-0.2, -0.15) is 5.10 Å². The summed E-state index contributed by atoms with van der Waals surface area (Å²) in [7, 11) is 0. The SMILES string of the molecule is O=C(O)c1[nH]nc2c1CCc1occc1-2. The van der Waals surface area contributed by atoms with Gasteiger partial charge in [0, 0.05) is 17.5 Å². The zero-order chi connectivity index (χ0) is 10.4. The van der Waals surface area contributed by atoms with Crippen molar-refractivity contribution in [3.63, 3.8) is 0 Å². The second kappa shape index (κ2) is 2.73. The largest absolute Gasteiger partial charge is 0.477 e. The molecule has 0 saturated carbocycles. The van der Waals surface area contributed by atoms with Gasteiger partial charge < -0.3 is 9.52 Å². The number of carboxylic acids is 1. The fourth-order valence-corrected chi connectivity index (χ4v) is 1.99. The maximum absolute atomic E-state index is 10.9. The summed E-state index contributed by atoms with van der Waals surface area (Å²) in [5.41, 5.74) is 2.58. The number of carbonyl (C=O) groups is 1. The molecule has 3 rings (SSSR count). The van der Waals surface area contributed by atoms with Crippen molar-refractivity contribution in [2.24, 2.45) is 0 Å². The summed E-state index contributed by atoms with van der Waals surface area (Å²) < 4.78 is 5.28. The van der Waals surface area contributed by atoms with Gasteiger partial charge in [0.2, 0.25) is 0 Å². The Morgan fingerprint density at radius 1 is 1.53 bits per heavy atom. The lowest BCUT2D eigenvalue weighted by atomic mass is 9.94. The fourth-order valence-electron chi connectivity index (χ4n) is 1.99. The number of aromatic nitrogens is 2. The summed E-state index contributed by atoms with van der Waals surface area (Å²) >= 11 is 0. The predicted octanol–water partition coefficient (Wildman–Crippen LogP) is 1.47. The topological polar surface area (TPSA) is 79.1 Å². The molecule has 2 N–H and O–H groups in total. The first-order valence-corrected chi connectivity index (χ1v) is 4.64. The number of hydrogen-bond acceptors (Lipinski definition) is 3. The van der Waals surface area contributed by atoms with Gasteiger partial charge in [0.05, 0.1) is 12.0 Å². The van der Waals surface area contributed by atoms with Crippen LogP contribution in [0.25, 0.3) is 11.3 Å². The highest BCUT2D eigenvalue weighted by atomic mass is 16.4. The Morgan fingerprint density at radius 3 is 3.20 bits per heavy atom. The maximum atomic E-state index is 10.9. The minimum absolute atomic E-state index is 0.192. The van der Waals surface area contributed by atoms with E-state index >= 15 is 0 Å². The zero-order valence-corrected chi connectivity index (χ0v) is 7.78. The molecule has 0 saturated heterocycles. The zero-order valence-electron chi connectivity index (χ0n) is 7.78. The Bertz CT molecular complexity index is 539. The molecule has 2 aromatic heterocycles. The van der Waals surface area contributed by atoms with Gasteiger partial charge in [0.1, 0.15) is 11.5 Å². The van der Waals surface area contributed by atoms with Gasteiger partial charge in [0.15, 0.2) is 0 Å². The number of fused-ring (bicyclic) bond motifs is 3. The molecule has 0 bridgehead atoms. The lowest BCUT2D eigenvalue weighted by Crippen LogP contribution is -2.06. The van der Waals surface area contributed by atoms with Gasteiger partial charge in [-0.15, -0.1) is 0 Å². The Kier molecular flexibility index (Phi) is 1.50. The van der Waals surface area contributed by atoms with Crippen molar-refractivity contribution in [3.8, 4) is 11.3 Å². The molecular weight excluding hydrogens is 196 g/mol. The third-order valence-corrected chi connectivity index (χ3v) is 2.68. The van der Waals surface area contributed by atoms with Crippen molar-refractivity contribution < 1.29 is 14.3 Å². The highest BCUT2D eigenvalue weighted by Gasteiger charge is 2.26. The van der Waals surface area contributed by atoms with Crippen LogP contribution in [0.4, 0.5) is 0 Å². The van der Waals surface area contributed by atoms with E-state index in [1.807, 2.05) is 6.07 Å². The highest BCUT2D eigenvalue weighted by molar-refractivity contribution is 5.90. The summed E-state index contributed by atoms with van der Waals surface area (Å²) in [6.45, 7) is 0. The lowest BCUT2D eigenvalue weighted by molar-refractivity contribution is 0.0689. The van der Waals surface area contributed by atoms with Crippen molar-refractivity contribution in [3.05, 3.63) is 29.3 Å². The van der Waals surface area contributed by atoms with E-state index in [0.717, 1.165) is 23.3 Å². The van der Waals surface area contributed by atoms with E-state index in [0.29, 0.717) is 12.1 Å². The molecule has 0 atom stereocenters. The molecule has 2 aromatic rings. The van der Waals surface area contributed by atoms with E-state index in [1.54, 1.807) is 6.26 Å². The normalized spacial score (nSPS) is 13.3. The Hall–Kier alpha value is -2.04. The van der Waals surface area contributed by atoms with Gasteiger partial charge in [0.25, 0.3) is 0 Å². The number of H-pyrrole nitrogens is 1. The van der Waals surface area contributed by atoms with Crippen LogP contribution in [0.3, 0.4) is 0 Å². The van der Waals surface area contributed by atoms with Crippen molar-refractivity contribution in [2.75, 3.05) is 0 Å². The molecule has 1 aliphatic rings. The first-order chi connectivity index (χ1) is 7.27. The second-order valence-electron chi connectivity index (χ2n) is 3.49. The quantitative estimate of drug-likeness (QED) is 0.737. The molecule has 5 heteroatoms. The standard InChI is InChI=1S/C10H8N2O3/c13-10(14)9-6-1-2-7-5(3-4-15-7)8(6)11-12-9/h3-4H,1-2H2,(H,11,12)(H,13,14). The molecule has 2 heterocycles. The summed E-state index contributed by atoms with van der Waals surface area (Å²) in [4.78, 5) is 10.9. The van der Waals surface area contributed by atoms with Gasteiger partial charge >= 0.3 is 5.97 Å². The molecule has 5 nitrogen and oxygen atoms in total. The first kappa shape index (κ1) is 8.28. The van der Waals surface area contributed by atoms with Crippen LogP contribution >= 0.6 is 0 Å². The molecule has 0 aromatic carbocycles. The number of furan rings is 1. The van der Waals surface area contributed by atoms with E-state index in [4.69, 9.17) is 9.52 Å². The van der Waals surface area contributed by atoms with E-state index in [1.165, 1.54) is 0 Å². The van der Waals surface area contributed by atoms with E-state index in [9.17, 15) is 4.79 Å². The highest BCUT2D eigenvalue weighted by Crippen LogP contribution is 2.33. The second-order valence-corrected chi connectivity index (χ2v) is 3.49. The Balaban J connectivity index is 2.23. The van der Waals surface area contributed by atoms with E-state index in [-0.39, 0.29) is 5.69 Å². The number of carboxylic acid groups (broad SMARTS) is 1. The van der Waals surface area contributed by atoms with Crippen LogP contribution in [0.5, 0.6) is 0 Å². The van der Waals surface area contributed by atoms with Crippen LogP contribution in [-0.4, -0.2) is 21.3 Å². The van der Waals surface area contributed by atoms with Gasteiger partial charge in [-0.25, -0.2) is 4.79 Å². The van der Waals surface area contributed by atoms with Crippen molar-refractivity contribution in [2.45, 2.75) is 12.8 Å². The van der Waals surface area contributed by atoms with Crippen LogP contribution in [0.2, 0.25) is 0 Å². The molecule has 0 fully saturated rings. The van der Waals surface area contributed by atoms with Gasteiger partial charge in [-0.05, 0) is 12.5 Å². The average molecular weight is 204 g/mol. The molecule has 1 aliphatic carbocycles. The molecular formula is C10H8N2O3. The number of hydrogen-bond donors (Lipinski definition) is 2. The number of aromatic amines is 1. The minimum atomic E-state index is -0.962. The average Bonchev–Trinajstić information content (AvgIpc) is 2.82. The van der Waals surface area contributed by atoms with Crippen molar-refractivity contribution >= 4 is 5.97 Å². The maximum Gasteiger partial charge on any atom is 0.354 e. The number of nitrogens with zero attached hydrogens (tertiary/aromatic N) is 1. The lowest BCUT2D eigenvalue weighted by Gasteiger charge is -2.09. The predicted molar refractivity (Wildman–Crippen MR) is 50.7 cm³/mol. The van der Waals surface area contributed by atoms with Gasteiger partial charge in [-0.3, -0.25) is 5.10 Å².